The van der Waals surface area contributed by atoms with Gasteiger partial charge in [0.1, 0.15) is 11.5 Å². The molecule has 0 fully saturated rings. The van der Waals surface area contributed by atoms with Crippen molar-refractivity contribution in [3.05, 3.63) is 77.9 Å². The normalized spacial score (nSPS) is 10.7. The van der Waals surface area contributed by atoms with Gasteiger partial charge in [0.15, 0.2) is 6.61 Å². The second-order valence-electron chi connectivity index (χ2n) is 7.65. The van der Waals surface area contributed by atoms with Crippen LogP contribution in [0.2, 0.25) is 0 Å². The summed E-state index contributed by atoms with van der Waals surface area (Å²) in [6.45, 7) is 1.93. The highest BCUT2D eigenvalue weighted by atomic mass is 32.2. The van der Waals surface area contributed by atoms with Crippen molar-refractivity contribution in [2.45, 2.75) is 11.8 Å². The lowest BCUT2D eigenvalue weighted by atomic mass is 10.1. The number of anilines is 2. The summed E-state index contributed by atoms with van der Waals surface area (Å²) in [4.78, 5) is 36.2. The van der Waals surface area contributed by atoms with Gasteiger partial charge in [0.05, 0.1) is 36.8 Å². The van der Waals surface area contributed by atoms with Gasteiger partial charge >= 0.3 is 11.9 Å². The first kappa shape index (κ1) is 28.0. The molecule has 3 aromatic rings. The summed E-state index contributed by atoms with van der Waals surface area (Å²) < 4.78 is 47.9. The number of carbonyl (C=O) groups excluding carboxylic acids is 3. The number of hydrogen-bond donors (Lipinski definition) is 2. The van der Waals surface area contributed by atoms with Crippen molar-refractivity contribution >= 4 is 39.2 Å². The fourth-order valence-electron chi connectivity index (χ4n) is 3.23. The van der Waals surface area contributed by atoms with Crippen molar-refractivity contribution in [3.63, 3.8) is 0 Å². The quantitative estimate of drug-likeness (QED) is 0.348. The Bertz CT molecular complexity index is 1370. The summed E-state index contributed by atoms with van der Waals surface area (Å²) in [6.07, 6.45) is 0. The molecule has 0 spiro atoms. The van der Waals surface area contributed by atoms with E-state index in [1.54, 1.807) is 24.3 Å². The number of sulfonamides is 1. The highest BCUT2D eigenvalue weighted by molar-refractivity contribution is 7.92. The van der Waals surface area contributed by atoms with E-state index in [0.29, 0.717) is 18.0 Å². The second kappa shape index (κ2) is 12.6. The zero-order valence-corrected chi connectivity index (χ0v) is 21.7. The van der Waals surface area contributed by atoms with Crippen LogP contribution in [0, 0.1) is 0 Å². The van der Waals surface area contributed by atoms with E-state index in [9.17, 15) is 22.8 Å². The number of ether oxygens (including phenoxy) is 4. The molecule has 0 radical (unpaired) electrons. The lowest BCUT2D eigenvalue weighted by Crippen LogP contribution is -2.21. The summed E-state index contributed by atoms with van der Waals surface area (Å²) in [7, 11) is -1.48. The first-order chi connectivity index (χ1) is 18.1. The predicted octanol–water partition coefficient (Wildman–Crippen LogP) is 3.48. The number of hydrogen-bond acceptors (Lipinski definition) is 9. The Balaban J connectivity index is 1.62. The maximum absolute atomic E-state index is 12.7. The summed E-state index contributed by atoms with van der Waals surface area (Å²) in [5.41, 5.74) is 0.616. The van der Waals surface area contributed by atoms with E-state index in [1.807, 2.05) is 6.92 Å². The van der Waals surface area contributed by atoms with Crippen LogP contribution in [0.5, 0.6) is 11.5 Å². The third-order valence-corrected chi connectivity index (χ3v) is 6.38. The molecule has 0 atom stereocenters. The predicted molar refractivity (Wildman–Crippen MR) is 138 cm³/mol. The van der Waals surface area contributed by atoms with Crippen LogP contribution in [0.1, 0.15) is 27.6 Å². The summed E-state index contributed by atoms with van der Waals surface area (Å²) in [6, 6.07) is 16.0. The Kier molecular flexibility index (Phi) is 9.28. The fraction of sp³-hybridized carbons (Fsp3) is 0.192. The minimum Gasteiger partial charge on any atom is -0.494 e. The second-order valence-corrected chi connectivity index (χ2v) is 9.34. The molecule has 0 saturated heterocycles. The van der Waals surface area contributed by atoms with Gasteiger partial charge in [-0.15, -0.1) is 0 Å². The lowest BCUT2D eigenvalue weighted by Gasteiger charge is -2.11. The molecule has 0 saturated carbocycles. The number of carbonyl (C=O) groups is 3. The third-order valence-electron chi connectivity index (χ3n) is 4.98. The van der Waals surface area contributed by atoms with E-state index < -0.39 is 34.5 Å². The van der Waals surface area contributed by atoms with Crippen molar-refractivity contribution in [3.8, 4) is 11.5 Å². The Hall–Kier alpha value is -4.58. The molecule has 200 valence electrons. The van der Waals surface area contributed by atoms with Gasteiger partial charge in [-0.05, 0) is 73.7 Å². The van der Waals surface area contributed by atoms with Crippen LogP contribution in [0.3, 0.4) is 0 Å². The molecule has 0 aromatic heterocycles. The molecule has 12 heteroatoms. The summed E-state index contributed by atoms with van der Waals surface area (Å²) >= 11 is 0. The van der Waals surface area contributed by atoms with E-state index in [1.165, 1.54) is 56.7 Å². The van der Waals surface area contributed by atoms with Crippen molar-refractivity contribution < 1.29 is 41.7 Å². The van der Waals surface area contributed by atoms with Crippen molar-refractivity contribution in [2.75, 3.05) is 37.5 Å². The van der Waals surface area contributed by atoms with Crippen LogP contribution in [-0.4, -0.2) is 53.7 Å². The zero-order valence-electron chi connectivity index (χ0n) is 20.8. The van der Waals surface area contributed by atoms with Gasteiger partial charge in [0.2, 0.25) is 0 Å². The van der Waals surface area contributed by atoms with Crippen molar-refractivity contribution in [1.29, 1.82) is 0 Å². The Morgan fingerprint density at radius 1 is 0.737 bits per heavy atom. The molecule has 11 nitrogen and oxygen atoms in total. The first-order valence-corrected chi connectivity index (χ1v) is 12.7. The van der Waals surface area contributed by atoms with E-state index in [2.05, 4.69) is 19.5 Å². The van der Waals surface area contributed by atoms with Crippen molar-refractivity contribution in [2.24, 2.45) is 0 Å². The molecule has 1 amide bonds. The van der Waals surface area contributed by atoms with E-state index in [0.717, 1.165) is 0 Å². The molecule has 3 aromatic carbocycles. The van der Waals surface area contributed by atoms with Crippen LogP contribution >= 0.6 is 0 Å². The number of benzene rings is 3. The minimum absolute atomic E-state index is 0.00171. The van der Waals surface area contributed by atoms with Gasteiger partial charge in [0, 0.05) is 11.4 Å². The first-order valence-electron chi connectivity index (χ1n) is 11.2. The van der Waals surface area contributed by atoms with Gasteiger partial charge in [0.25, 0.3) is 15.9 Å². The molecule has 0 unspecified atom stereocenters. The molecule has 0 heterocycles. The number of esters is 2. The molecule has 3 rings (SSSR count). The average molecular weight is 543 g/mol. The SMILES string of the molecule is CCOc1ccc(NS(=O)(=O)c2ccc(OCC(=O)Nc3cc(C(=O)OC)cc(C(=O)OC)c3)cc2)cc1. The average Bonchev–Trinajstić information content (AvgIpc) is 2.92. The highest BCUT2D eigenvalue weighted by Gasteiger charge is 2.16. The lowest BCUT2D eigenvalue weighted by molar-refractivity contribution is -0.118. The van der Waals surface area contributed by atoms with Crippen LogP contribution in [0.4, 0.5) is 11.4 Å². The molecule has 0 aliphatic rings. The molecular formula is C26H26N2O9S. The maximum atomic E-state index is 12.7. The molecule has 38 heavy (non-hydrogen) atoms. The monoisotopic (exact) mass is 542 g/mol. The van der Waals surface area contributed by atoms with Crippen LogP contribution < -0.4 is 19.5 Å². The number of nitrogens with one attached hydrogen (secondary N) is 2. The molecule has 0 bridgehead atoms. The molecule has 0 aliphatic carbocycles. The van der Waals surface area contributed by atoms with E-state index in [-0.39, 0.29) is 27.5 Å². The third kappa shape index (κ3) is 7.46. The smallest absolute Gasteiger partial charge is 0.337 e. The Labute approximate surface area is 219 Å². The van der Waals surface area contributed by atoms with Crippen LogP contribution in [0.25, 0.3) is 0 Å². The van der Waals surface area contributed by atoms with E-state index in [4.69, 9.17) is 9.47 Å². The topological polar surface area (TPSA) is 146 Å². The van der Waals surface area contributed by atoms with E-state index >= 15 is 0 Å². The Morgan fingerprint density at radius 2 is 1.26 bits per heavy atom. The number of amides is 1. The van der Waals surface area contributed by atoms with Gasteiger partial charge in [-0.2, -0.15) is 0 Å². The Morgan fingerprint density at radius 3 is 1.79 bits per heavy atom. The highest BCUT2D eigenvalue weighted by Crippen LogP contribution is 2.22. The van der Waals surface area contributed by atoms with Gasteiger partial charge in [-0.25, -0.2) is 18.0 Å². The van der Waals surface area contributed by atoms with Gasteiger partial charge < -0.3 is 24.3 Å². The molecule has 2 N–H and O–H groups in total. The van der Waals surface area contributed by atoms with Crippen LogP contribution in [-0.2, 0) is 24.3 Å². The largest absolute Gasteiger partial charge is 0.494 e. The number of methoxy groups -OCH3 is 2. The molecular weight excluding hydrogens is 516 g/mol. The maximum Gasteiger partial charge on any atom is 0.337 e. The zero-order chi connectivity index (χ0) is 27.7. The minimum atomic E-state index is -3.86. The van der Waals surface area contributed by atoms with Gasteiger partial charge in [-0.1, -0.05) is 0 Å². The van der Waals surface area contributed by atoms with Crippen molar-refractivity contribution in [1.82, 2.24) is 0 Å². The molecule has 0 aliphatic heterocycles. The summed E-state index contributed by atoms with van der Waals surface area (Å²) in [5, 5.41) is 2.53. The number of rotatable bonds is 11. The summed E-state index contributed by atoms with van der Waals surface area (Å²) in [5.74, 6) is -1.11. The van der Waals surface area contributed by atoms with Crippen LogP contribution in [0.15, 0.2) is 71.6 Å². The standard InChI is InChI=1S/C26H26N2O9S/c1-4-36-21-7-5-19(6-8-21)28-38(32,33)23-11-9-22(10-12-23)37-16-24(29)27-20-14-17(25(30)34-2)13-18(15-20)26(31)35-3/h5-15,28H,4,16H2,1-3H3,(H,27,29). The van der Waals surface area contributed by atoms with Gasteiger partial charge in [-0.3, -0.25) is 9.52 Å². The fourth-order valence-corrected chi connectivity index (χ4v) is 4.29.